The first kappa shape index (κ1) is 9.54. The molecule has 2 fully saturated rings. The van der Waals surface area contributed by atoms with Crippen LogP contribution in [0.2, 0.25) is 0 Å². The van der Waals surface area contributed by atoms with E-state index in [0.29, 0.717) is 12.2 Å². The third kappa shape index (κ3) is 1.27. The van der Waals surface area contributed by atoms with E-state index >= 15 is 0 Å². The van der Waals surface area contributed by atoms with E-state index in [9.17, 15) is 9.59 Å². The Morgan fingerprint density at radius 2 is 2.06 bits per heavy atom. The zero-order valence-corrected chi connectivity index (χ0v) is 8.63. The van der Waals surface area contributed by atoms with Crippen molar-refractivity contribution in [2.75, 3.05) is 11.5 Å². The fourth-order valence-electron chi connectivity index (χ4n) is 2.35. The van der Waals surface area contributed by atoms with Gasteiger partial charge in [0.05, 0.1) is 12.6 Å². The number of anilines is 1. The van der Waals surface area contributed by atoms with Crippen molar-refractivity contribution >= 4 is 17.9 Å². The van der Waals surface area contributed by atoms with Gasteiger partial charge in [-0.1, -0.05) is 0 Å². The number of carbonyl (C=O) groups excluding carboxylic acids is 2. The summed E-state index contributed by atoms with van der Waals surface area (Å²) in [6.07, 6.45) is 1.33. The van der Waals surface area contributed by atoms with Gasteiger partial charge >= 0.3 is 0 Å². The van der Waals surface area contributed by atoms with E-state index in [1.165, 1.54) is 0 Å². The van der Waals surface area contributed by atoms with Crippen LogP contribution in [0.1, 0.15) is 16.8 Å². The van der Waals surface area contributed by atoms with E-state index in [4.69, 9.17) is 4.74 Å². The molecule has 3 rings (SSSR count). The number of benzene rings is 1. The number of fused-ring (bicyclic) bond motifs is 2. The lowest BCUT2D eigenvalue weighted by atomic mass is 10.2. The molecule has 2 atom stereocenters. The standard InChI is InChI=1S/C12H11NO3/c14-6-8-1-3-9(4-2-8)13-10-5-11(12(13)15)16-7-10/h1-4,6,10-11H,5,7H2. The van der Waals surface area contributed by atoms with Crippen molar-refractivity contribution < 1.29 is 14.3 Å². The lowest BCUT2D eigenvalue weighted by molar-refractivity contribution is -0.128. The molecule has 2 unspecified atom stereocenters. The van der Waals surface area contributed by atoms with E-state index in [1.54, 1.807) is 17.0 Å². The van der Waals surface area contributed by atoms with Crippen LogP contribution in [0.4, 0.5) is 5.69 Å². The van der Waals surface area contributed by atoms with Gasteiger partial charge < -0.3 is 9.64 Å². The van der Waals surface area contributed by atoms with Gasteiger partial charge in [0.1, 0.15) is 12.4 Å². The number of rotatable bonds is 2. The summed E-state index contributed by atoms with van der Waals surface area (Å²) in [5.41, 5.74) is 1.48. The highest BCUT2D eigenvalue weighted by atomic mass is 16.5. The highest BCUT2D eigenvalue weighted by Gasteiger charge is 2.46. The number of nitrogens with zero attached hydrogens (tertiary/aromatic N) is 1. The van der Waals surface area contributed by atoms with Crippen molar-refractivity contribution in [3.05, 3.63) is 29.8 Å². The molecule has 1 aromatic rings. The van der Waals surface area contributed by atoms with Gasteiger partial charge in [-0.25, -0.2) is 0 Å². The number of aldehydes is 1. The minimum Gasteiger partial charge on any atom is -0.366 e. The normalized spacial score (nSPS) is 27.5. The molecular formula is C12H11NO3. The average molecular weight is 217 g/mol. The van der Waals surface area contributed by atoms with E-state index in [-0.39, 0.29) is 18.1 Å². The van der Waals surface area contributed by atoms with E-state index in [0.717, 1.165) is 18.4 Å². The lowest BCUT2D eigenvalue weighted by Gasteiger charge is -2.26. The summed E-state index contributed by atoms with van der Waals surface area (Å²) in [4.78, 5) is 24.2. The number of morpholine rings is 1. The number of hydrogen-bond acceptors (Lipinski definition) is 3. The minimum atomic E-state index is -0.254. The van der Waals surface area contributed by atoms with E-state index < -0.39 is 0 Å². The summed E-state index contributed by atoms with van der Waals surface area (Å²) in [6, 6.07) is 7.23. The molecule has 2 aliphatic heterocycles. The minimum absolute atomic E-state index is 0.0371. The van der Waals surface area contributed by atoms with Crippen LogP contribution in [0.5, 0.6) is 0 Å². The van der Waals surface area contributed by atoms with Gasteiger partial charge in [0.25, 0.3) is 5.91 Å². The Hall–Kier alpha value is -1.68. The summed E-state index contributed by atoms with van der Waals surface area (Å²) in [5, 5.41) is 0. The van der Waals surface area contributed by atoms with Gasteiger partial charge in [-0.3, -0.25) is 9.59 Å². The second-order valence-electron chi connectivity index (χ2n) is 4.13. The lowest BCUT2D eigenvalue weighted by Crippen LogP contribution is -2.41. The van der Waals surface area contributed by atoms with Crippen LogP contribution >= 0.6 is 0 Å². The van der Waals surface area contributed by atoms with Crippen molar-refractivity contribution in [1.29, 1.82) is 0 Å². The molecule has 2 saturated heterocycles. The van der Waals surface area contributed by atoms with Crippen molar-refractivity contribution in [3.63, 3.8) is 0 Å². The topological polar surface area (TPSA) is 46.6 Å². The van der Waals surface area contributed by atoms with Crippen LogP contribution in [0, 0.1) is 0 Å². The van der Waals surface area contributed by atoms with Crippen molar-refractivity contribution in [1.82, 2.24) is 0 Å². The number of hydrogen-bond donors (Lipinski definition) is 0. The Bertz CT molecular complexity index is 440. The zero-order chi connectivity index (χ0) is 11.1. The number of amides is 1. The molecule has 4 nitrogen and oxygen atoms in total. The maximum atomic E-state index is 11.9. The van der Waals surface area contributed by atoms with Gasteiger partial charge in [-0.2, -0.15) is 0 Å². The third-order valence-corrected chi connectivity index (χ3v) is 3.16. The zero-order valence-electron chi connectivity index (χ0n) is 8.63. The van der Waals surface area contributed by atoms with Gasteiger partial charge in [-0.05, 0) is 24.3 Å². The Morgan fingerprint density at radius 3 is 2.62 bits per heavy atom. The van der Waals surface area contributed by atoms with Gasteiger partial charge in [0.2, 0.25) is 0 Å². The summed E-state index contributed by atoms with van der Waals surface area (Å²) < 4.78 is 5.31. The molecule has 2 heterocycles. The van der Waals surface area contributed by atoms with Gasteiger partial charge in [0.15, 0.2) is 0 Å². The molecule has 0 saturated carbocycles. The summed E-state index contributed by atoms with van der Waals surface area (Å²) in [7, 11) is 0. The number of carbonyl (C=O) groups is 2. The Labute approximate surface area is 92.8 Å². The largest absolute Gasteiger partial charge is 0.366 e. The molecule has 4 heteroatoms. The van der Waals surface area contributed by atoms with Gasteiger partial charge in [-0.15, -0.1) is 0 Å². The van der Waals surface area contributed by atoms with Crippen molar-refractivity contribution in [2.45, 2.75) is 18.6 Å². The summed E-state index contributed by atoms with van der Waals surface area (Å²) in [6.45, 7) is 0.617. The first-order valence-electron chi connectivity index (χ1n) is 5.29. The van der Waals surface area contributed by atoms with Crippen LogP contribution in [0.25, 0.3) is 0 Å². The highest BCUT2D eigenvalue weighted by Crippen LogP contribution is 2.33. The Morgan fingerprint density at radius 1 is 1.31 bits per heavy atom. The van der Waals surface area contributed by atoms with Crippen LogP contribution < -0.4 is 4.90 Å². The highest BCUT2D eigenvalue weighted by molar-refractivity contribution is 6.00. The van der Waals surface area contributed by atoms with E-state index in [1.807, 2.05) is 12.1 Å². The monoisotopic (exact) mass is 217 g/mol. The first-order chi connectivity index (χ1) is 7.79. The molecule has 1 aromatic carbocycles. The van der Waals surface area contributed by atoms with Crippen LogP contribution in [0.15, 0.2) is 24.3 Å². The van der Waals surface area contributed by atoms with Crippen molar-refractivity contribution in [2.24, 2.45) is 0 Å². The van der Waals surface area contributed by atoms with Crippen LogP contribution in [-0.2, 0) is 9.53 Å². The SMILES string of the molecule is O=Cc1ccc(N2C(=O)C3CC2CO3)cc1. The second-order valence-corrected chi connectivity index (χ2v) is 4.13. The predicted molar refractivity (Wildman–Crippen MR) is 57.5 cm³/mol. The fourth-order valence-corrected chi connectivity index (χ4v) is 2.35. The smallest absolute Gasteiger partial charge is 0.256 e. The molecule has 16 heavy (non-hydrogen) atoms. The molecule has 0 aromatic heterocycles. The molecule has 1 amide bonds. The van der Waals surface area contributed by atoms with Crippen LogP contribution in [-0.4, -0.2) is 30.9 Å². The molecule has 0 N–H and O–H groups in total. The molecule has 2 aliphatic rings. The number of ether oxygens (including phenoxy) is 1. The summed E-state index contributed by atoms with van der Waals surface area (Å²) >= 11 is 0. The predicted octanol–water partition coefficient (Wildman–Crippen LogP) is 1.00. The third-order valence-electron chi connectivity index (χ3n) is 3.16. The second kappa shape index (κ2) is 3.42. The Balaban J connectivity index is 1.92. The molecular weight excluding hydrogens is 206 g/mol. The maximum absolute atomic E-state index is 11.9. The first-order valence-corrected chi connectivity index (χ1v) is 5.29. The quantitative estimate of drug-likeness (QED) is 0.694. The maximum Gasteiger partial charge on any atom is 0.256 e. The van der Waals surface area contributed by atoms with Crippen LogP contribution in [0.3, 0.4) is 0 Å². The molecule has 2 bridgehead atoms. The van der Waals surface area contributed by atoms with Gasteiger partial charge in [0, 0.05) is 17.7 Å². The average Bonchev–Trinajstić information content (AvgIpc) is 2.90. The molecule has 0 spiro atoms. The molecule has 0 radical (unpaired) electrons. The fraction of sp³-hybridized carbons (Fsp3) is 0.333. The van der Waals surface area contributed by atoms with Crippen molar-refractivity contribution in [3.8, 4) is 0 Å². The summed E-state index contributed by atoms with van der Waals surface area (Å²) in [5.74, 6) is 0.0371. The Kier molecular flexibility index (Phi) is 2.04. The molecule has 82 valence electrons. The van der Waals surface area contributed by atoms with E-state index in [2.05, 4.69) is 0 Å². The molecule has 0 aliphatic carbocycles.